The van der Waals surface area contributed by atoms with Crippen molar-refractivity contribution in [2.45, 2.75) is 37.9 Å². The molecule has 1 spiro atoms. The van der Waals surface area contributed by atoms with Crippen molar-refractivity contribution in [1.82, 2.24) is 4.90 Å². The number of piperidine rings is 1. The van der Waals surface area contributed by atoms with E-state index in [9.17, 15) is 5.21 Å². The van der Waals surface area contributed by atoms with Crippen LogP contribution in [0, 0.1) is 0 Å². The molecule has 0 aromatic heterocycles. The summed E-state index contributed by atoms with van der Waals surface area (Å²) in [7, 11) is 3.83. The summed E-state index contributed by atoms with van der Waals surface area (Å²) in [4.78, 5) is 2.33. The van der Waals surface area contributed by atoms with Gasteiger partial charge in [-0.05, 0) is 31.6 Å². The van der Waals surface area contributed by atoms with E-state index in [0.29, 0.717) is 0 Å². The summed E-state index contributed by atoms with van der Waals surface area (Å²) in [5.41, 5.74) is 1.01. The van der Waals surface area contributed by atoms with Crippen LogP contribution < -0.4 is 0 Å². The number of nitrogens with zero attached hydrogens (tertiary/aromatic N) is 2. The molecule has 0 aromatic carbocycles. The van der Waals surface area contributed by atoms with Crippen LogP contribution in [0.5, 0.6) is 0 Å². The molecule has 4 nitrogen and oxygen atoms in total. The van der Waals surface area contributed by atoms with E-state index in [4.69, 9.17) is 4.74 Å². The maximum absolute atomic E-state index is 9.49. The highest BCUT2D eigenvalue weighted by molar-refractivity contribution is 5.86. The molecule has 0 bridgehead atoms. The van der Waals surface area contributed by atoms with Crippen molar-refractivity contribution in [2.24, 2.45) is 0 Å². The Morgan fingerprint density at radius 3 is 2.53 bits per heavy atom. The zero-order chi connectivity index (χ0) is 11.1. The third-order valence-corrected chi connectivity index (χ3v) is 3.71. The summed E-state index contributed by atoms with van der Waals surface area (Å²) < 4.78 is 7.28. The Hall–Kier alpha value is -0.610. The molecule has 0 aromatic rings. The van der Waals surface area contributed by atoms with Gasteiger partial charge in [-0.2, -0.15) is 0 Å². The van der Waals surface area contributed by atoms with Crippen molar-refractivity contribution in [3.05, 3.63) is 0 Å². The molecule has 2 rings (SSSR count). The summed E-state index contributed by atoms with van der Waals surface area (Å²) in [5, 5.41) is 9.49. The maximum atomic E-state index is 9.49. The van der Waals surface area contributed by atoms with Gasteiger partial charge in [-0.1, -0.05) is 0 Å². The molecule has 0 radical (unpaired) electrons. The van der Waals surface area contributed by atoms with Crippen LogP contribution in [0.2, 0.25) is 0 Å². The van der Waals surface area contributed by atoms with Gasteiger partial charge in [0.2, 0.25) is 5.71 Å². The molecule has 86 valence electrons. The minimum atomic E-state index is -0.00174. The first-order valence-corrected chi connectivity index (χ1v) is 5.67. The van der Waals surface area contributed by atoms with Gasteiger partial charge in [0, 0.05) is 13.1 Å². The minimum absolute atomic E-state index is 0.00174. The van der Waals surface area contributed by atoms with Gasteiger partial charge in [0.05, 0.1) is 12.0 Å². The molecule has 0 saturated carbocycles. The van der Waals surface area contributed by atoms with Crippen molar-refractivity contribution >= 4 is 5.71 Å². The molecule has 1 N–H and O–H groups in total. The fraction of sp³-hybridized carbons (Fsp3) is 0.909. The van der Waals surface area contributed by atoms with E-state index in [0.717, 1.165) is 38.1 Å². The second kappa shape index (κ2) is 3.76. The Kier molecular flexibility index (Phi) is 2.73. The Labute approximate surface area is 91.1 Å². The van der Waals surface area contributed by atoms with Crippen LogP contribution in [0.3, 0.4) is 0 Å². The quantitative estimate of drug-likeness (QED) is 0.366. The topological polar surface area (TPSA) is 35.7 Å². The average molecular weight is 213 g/mol. The van der Waals surface area contributed by atoms with Gasteiger partial charge in [-0.3, -0.25) is 5.21 Å². The normalized spacial score (nSPS) is 34.7. The van der Waals surface area contributed by atoms with Gasteiger partial charge in [0.1, 0.15) is 6.10 Å². The van der Waals surface area contributed by atoms with Crippen LogP contribution >= 0.6 is 0 Å². The summed E-state index contributed by atoms with van der Waals surface area (Å²) in [6.07, 6.45) is 3.09. The molecule has 1 unspecified atom stereocenters. The lowest BCUT2D eigenvalue weighted by Gasteiger charge is -2.36. The highest BCUT2D eigenvalue weighted by atomic mass is 16.5. The second-order valence-electron chi connectivity index (χ2n) is 4.94. The van der Waals surface area contributed by atoms with Gasteiger partial charge in [-0.25, -0.2) is 0 Å². The van der Waals surface area contributed by atoms with Crippen molar-refractivity contribution in [3.8, 4) is 0 Å². The number of hydroxylamine groups is 1. The van der Waals surface area contributed by atoms with E-state index < -0.39 is 0 Å². The van der Waals surface area contributed by atoms with E-state index in [-0.39, 0.29) is 11.7 Å². The first kappa shape index (κ1) is 10.9. The van der Waals surface area contributed by atoms with Crippen molar-refractivity contribution in [3.63, 3.8) is 0 Å². The average Bonchev–Trinajstić information content (AvgIpc) is 2.50. The van der Waals surface area contributed by atoms with E-state index in [1.165, 1.54) is 4.74 Å². The Morgan fingerprint density at radius 1 is 1.47 bits per heavy atom. The van der Waals surface area contributed by atoms with Crippen LogP contribution in [0.4, 0.5) is 0 Å². The number of ether oxygens (including phenoxy) is 1. The fourth-order valence-corrected chi connectivity index (χ4v) is 2.66. The predicted octanol–water partition coefficient (Wildman–Crippen LogP) is 0.732. The first-order valence-electron chi connectivity index (χ1n) is 5.67. The Bertz CT molecular complexity index is 276. The SMILES string of the molecule is CC1OC2(CCN(C)CC2)C/C1=[N+](\C)O. The lowest BCUT2D eigenvalue weighted by atomic mass is 9.88. The predicted molar refractivity (Wildman–Crippen MR) is 57.6 cm³/mol. The molecule has 0 amide bonds. The monoisotopic (exact) mass is 213 g/mol. The highest BCUT2D eigenvalue weighted by Gasteiger charge is 2.48. The molecule has 1 atom stereocenters. The highest BCUT2D eigenvalue weighted by Crippen LogP contribution is 2.36. The molecule has 4 heteroatoms. The lowest BCUT2D eigenvalue weighted by molar-refractivity contribution is -0.756. The van der Waals surface area contributed by atoms with E-state index in [2.05, 4.69) is 11.9 Å². The van der Waals surface area contributed by atoms with Crippen molar-refractivity contribution in [1.29, 1.82) is 0 Å². The van der Waals surface area contributed by atoms with Gasteiger partial charge in [0.25, 0.3) is 0 Å². The molecule has 2 saturated heterocycles. The van der Waals surface area contributed by atoms with Gasteiger partial charge in [0.15, 0.2) is 7.05 Å². The second-order valence-corrected chi connectivity index (χ2v) is 4.94. The Balaban J connectivity index is 2.11. The Morgan fingerprint density at radius 2 is 2.07 bits per heavy atom. The molecule has 2 aliphatic heterocycles. The van der Waals surface area contributed by atoms with Crippen molar-refractivity contribution in [2.75, 3.05) is 27.2 Å². The van der Waals surface area contributed by atoms with Crippen LogP contribution in [-0.4, -0.2) is 59.4 Å². The van der Waals surface area contributed by atoms with Crippen molar-refractivity contribution < 1.29 is 14.7 Å². The van der Waals surface area contributed by atoms with Gasteiger partial charge >= 0.3 is 0 Å². The summed E-state index contributed by atoms with van der Waals surface area (Å²) in [6.45, 7) is 4.21. The van der Waals surface area contributed by atoms with Crippen LogP contribution in [-0.2, 0) is 4.74 Å². The molecule has 15 heavy (non-hydrogen) atoms. The maximum Gasteiger partial charge on any atom is 0.235 e. The smallest absolute Gasteiger partial charge is 0.235 e. The summed E-state index contributed by atoms with van der Waals surface area (Å²) in [5.74, 6) is 0. The zero-order valence-corrected chi connectivity index (χ0v) is 9.86. The number of hydrogen-bond acceptors (Lipinski definition) is 3. The molecule has 2 aliphatic rings. The minimum Gasteiger partial charge on any atom is -0.361 e. The summed E-state index contributed by atoms with van der Waals surface area (Å²) >= 11 is 0. The van der Waals surface area contributed by atoms with Crippen LogP contribution in [0.1, 0.15) is 26.2 Å². The molecule has 2 heterocycles. The van der Waals surface area contributed by atoms with E-state index >= 15 is 0 Å². The molecular weight excluding hydrogens is 192 g/mol. The fourth-order valence-electron chi connectivity index (χ4n) is 2.66. The molecule has 2 fully saturated rings. The molecule has 0 aliphatic carbocycles. The van der Waals surface area contributed by atoms with Crippen LogP contribution in [0.25, 0.3) is 0 Å². The first-order chi connectivity index (χ1) is 7.02. The van der Waals surface area contributed by atoms with E-state index in [1.54, 1.807) is 7.05 Å². The van der Waals surface area contributed by atoms with Gasteiger partial charge < -0.3 is 9.64 Å². The number of rotatable bonds is 0. The molecular formula is C11H21N2O2+. The van der Waals surface area contributed by atoms with Gasteiger partial charge in [-0.15, -0.1) is 0 Å². The third kappa shape index (κ3) is 2.01. The third-order valence-electron chi connectivity index (χ3n) is 3.71. The summed E-state index contributed by atoms with van der Waals surface area (Å²) in [6, 6.07) is 0. The number of likely N-dealkylation sites (tertiary alicyclic amines) is 1. The standard InChI is InChI=1S/C11H21N2O2/c1-9-10(13(3)14)8-11(15-9)4-6-12(2)7-5-11/h9,14H,4-8H2,1-3H3/q+1/b13-10-. The zero-order valence-electron chi connectivity index (χ0n) is 9.86. The van der Waals surface area contributed by atoms with Crippen LogP contribution in [0.15, 0.2) is 0 Å². The lowest BCUT2D eigenvalue weighted by Crippen LogP contribution is -2.42. The number of hydrogen-bond donors (Lipinski definition) is 1. The van der Waals surface area contributed by atoms with E-state index in [1.807, 2.05) is 6.92 Å². The largest absolute Gasteiger partial charge is 0.361 e.